The van der Waals surface area contributed by atoms with Crippen LogP contribution in [0.5, 0.6) is 0 Å². The van der Waals surface area contributed by atoms with Crippen LogP contribution in [0.3, 0.4) is 0 Å². The minimum atomic E-state index is 0.0382. The van der Waals surface area contributed by atoms with Crippen LogP contribution in [0.4, 0.5) is 0 Å². The summed E-state index contributed by atoms with van der Waals surface area (Å²) in [5.41, 5.74) is 0.654. The second-order valence-corrected chi connectivity index (χ2v) is 5.34. The number of aromatic nitrogens is 1. The molecule has 0 radical (unpaired) electrons. The molecular weight excluding hydrogens is 296 g/mol. The van der Waals surface area contributed by atoms with Gasteiger partial charge in [0.05, 0.1) is 0 Å². The minimum Gasteiger partial charge on any atom is -0.396 e. The minimum absolute atomic E-state index is 0.0382. The van der Waals surface area contributed by atoms with Crippen molar-refractivity contribution in [3.05, 3.63) is 28.5 Å². The second-order valence-electron chi connectivity index (χ2n) is 4.53. The van der Waals surface area contributed by atoms with E-state index in [9.17, 15) is 4.79 Å². The molecule has 0 atom stereocenters. The van der Waals surface area contributed by atoms with Crippen LogP contribution in [0.1, 0.15) is 36.0 Å². The Morgan fingerprint density at radius 1 is 1.56 bits per heavy atom. The monoisotopic (exact) mass is 312 g/mol. The van der Waals surface area contributed by atoms with Crippen LogP contribution in [0.25, 0.3) is 0 Å². The zero-order chi connectivity index (χ0) is 13.0. The lowest BCUT2D eigenvalue weighted by Gasteiger charge is -2.37. The molecule has 18 heavy (non-hydrogen) atoms. The van der Waals surface area contributed by atoms with Crippen LogP contribution in [0.2, 0.25) is 0 Å². The normalized spacial score (nSPS) is 15.2. The van der Waals surface area contributed by atoms with Gasteiger partial charge in [0.2, 0.25) is 0 Å². The molecule has 1 amide bonds. The van der Waals surface area contributed by atoms with Crippen LogP contribution in [-0.2, 0) is 0 Å². The van der Waals surface area contributed by atoms with Crippen LogP contribution < -0.4 is 0 Å². The average molecular weight is 313 g/mol. The molecule has 1 aromatic rings. The molecule has 1 aliphatic rings. The van der Waals surface area contributed by atoms with E-state index in [2.05, 4.69) is 20.9 Å². The number of hydrogen-bond donors (Lipinski definition) is 1. The average Bonchev–Trinajstić information content (AvgIpc) is 2.31. The molecule has 0 unspecified atom stereocenters. The fraction of sp³-hybridized carbons (Fsp3) is 0.538. The highest BCUT2D eigenvalue weighted by Gasteiger charge is 2.28. The van der Waals surface area contributed by atoms with Crippen molar-refractivity contribution in [3.8, 4) is 0 Å². The van der Waals surface area contributed by atoms with E-state index in [1.54, 1.807) is 18.3 Å². The summed E-state index contributed by atoms with van der Waals surface area (Å²) >= 11 is 3.28. The molecule has 5 heteroatoms. The van der Waals surface area contributed by atoms with Gasteiger partial charge in [-0.1, -0.05) is 0 Å². The molecule has 0 aliphatic heterocycles. The summed E-state index contributed by atoms with van der Waals surface area (Å²) in [7, 11) is 0. The van der Waals surface area contributed by atoms with Crippen molar-refractivity contribution in [1.29, 1.82) is 0 Å². The number of aliphatic hydroxyl groups is 1. The third-order valence-electron chi connectivity index (χ3n) is 3.31. The van der Waals surface area contributed by atoms with Crippen LogP contribution in [-0.4, -0.2) is 40.1 Å². The lowest BCUT2D eigenvalue weighted by Crippen LogP contribution is -2.45. The van der Waals surface area contributed by atoms with Gasteiger partial charge in [-0.25, -0.2) is 4.98 Å². The first kappa shape index (κ1) is 13.5. The van der Waals surface area contributed by atoms with Gasteiger partial charge in [-0.05, 0) is 53.7 Å². The Labute approximate surface area is 115 Å². The molecule has 0 aromatic carbocycles. The van der Waals surface area contributed by atoms with Gasteiger partial charge < -0.3 is 10.0 Å². The third-order valence-corrected chi connectivity index (χ3v) is 3.74. The van der Waals surface area contributed by atoms with E-state index in [1.807, 2.05) is 4.90 Å². The van der Waals surface area contributed by atoms with E-state index in [-0.39, 0.29) is 12.5 Å². The third kappa shape index (κ3) is 3.09. The summed E-state index contributed by atoms with van der Waals surface area (Å²) in [6, 6.07) is 3.82. The Kier molecular flexibility index (Phi) is 4.72. The van der Waals surface area contributed by atoms with E-state index in [4.69, 9.17) is 5.11 Å². The molecule has 2 rings (SSSR count). The number of aliphatic hydroxyl groups excluding tert-OH is 1. The lowest BCUT2D eigenvalue weighted by atomic mass is 9.91. The van der Waals surface area contributed by atoms with E-state index < -0.39 is 0 Å². The molecule has 0 saturated heterocycles. The van der Waals surface area contributed by atoms with Crippen molar-refractivity contribution >= 4 is 21.8 Å². The van der Waals surface area contributed by atoms with Crippen LogP contribution >= 0.6 is 15.9 Å². The Morgan fingerprint density at radius 3 is 2.89 bits per heavy atom. The highest BCUT2D eigenvalue weighted by atomic mass is 79.9. The summed E-state index contributed by atoms with van der Waals surface area (Å²) in [6.07, 6.45) is 5.59. The predicted octanol–water partition coefficient (Wildman–Crippen LogP) is 2.22. The summed E-state index contributed by atoms with van der Waals surface area (Å²) in [6.45, 7) is 0.747. The Morgan fingerprint density at radius 2 is 2.33 bits per heavy atom. The van der Waals surface area contributed by atoms with E-state index >= 15 is 0 Å². The van der Waals surface area contributed by atoms with Crippen LogP contribution in [0, 0.1) is 0 Å². The van der Waals surface area contributed by atoms with Crippen molar-refractivity contribution in [2.24, 2.45) is 0 Å². The fourth-order valence-corrected chi connectivity index (χ4v) is 2.46. The molecule has 1 saturated carbocycles. The topological polar surface area (TPSA) is 53.4 Å². The number of halogens is 1. The first-order valence-corrected chi connectivity index (χ1v) is 7.05. The molecule has 4 nitrogen and oxygen atoms in total. The molecule has 1 fully saturated rings. The largest absolute Gasteiger partial charge is 0.396 e. The fourth-order valence-electron chi connectivity index (χ4n) is 2.09. The van der Waals surface area contributed by atoms with Gasteiger partial charge in [0.15, 0.2) is 0 Å². The number of pyridine rings is 1. The van der Waals surface area contributed by atoms with Crippen molar-refractivity contribution in [1.82, 2.24) is 9.88 Å². The molecule has 1 heterocycles. The Balaban J connectivity index is 2.11. The molecule has 98 valence electrons. The summed E-state index contributed by atoms with van der Waals surface area (Å²) in [5, 5.41) is 8.93. The first-order valence-electron chi connectivity index (χ1n) is 6.26. The Hall–Kier alpha value is -0.940. The van der Waals surface area contributed by atoms with E-state index in [0.717, 1.165) is 12.8 Å². The maximum absolute atomic E-state index is 12.4. The number of rotatable bonds is 5. The smallest absolute Gasteiger partial charge is 0.254 e. The van der Waals surface area contributed by atoms with Gasteiger partial charge in [-0.2, -0.15) is 0 Å². The Bertz CT molecular complexity index is 421. The van der Waals surface area contributed by atoms with Gasteiger partial charge >= 0.3 is 0 Å². The lowest BCUT2D eigenvalue weighted by molar-refractivity contribution is 0.0562. The quantitative estimate of drug-likeness (QED) is 0.848. The number of nitrogens with zero attached hydrogens (tertiary/aromatic N) is 2. The van der Waals surface area contributed by atoms with Crippen molar-refractivity contribution in [2.75, 3.05) is 13.2 Å². The first-order chi connectivity index (χ1) is 8.72. The van der Waals surface area contributed by atoms with Gasteiger partial charge in [0.1, 0.15) is 4.60 Å². The molecule has 0 bridgehead atoms. The highest BCUT2D eigenvalue weighted by Crippen LogP contribution is 2.26. The summed E-state index contributed by atoms with van der Waals surface area (Å²) in [4.78, 5) is 18.4. The second kappa shape index (κ2) is 6.29. The standard InChI is InChI=1S/C13H17BrN2O2/c14-12-9-10(5-6-15-12)13(18)16(7-2-8-17)11-3-1-4-11/h5-6,9,11,17H,1-4,7-8H2. The van der Waals surface area contributed by atoms with Gasteiger partial charge in [0.25, 0.3) is 5.91 Å². The molecular formula is C13H17BrN2O2. The number of carbonyl (C=O) groups excluding carboxylic acids is 1. The van der Waals surface area contributed by atoms with Crippen molar-refractivity contribution in [2.45, 2.75) is 31.7 Å². The number of amides is 1. The maximum Gasteiger partial charge on any atom is 0.254 e. The van der Waals surface area contributed by atoms with Gasteiger partial charge in [0, 0.05) is 31.0 Å². The maximum atomic E-state index is 12.4. The molecule has 1 N–H and O–H groups in total. The van der Waals surface area contributed by atoms with Gasteiger partial charge in [-0.3, -0.25) is 4.79 Å². The van der Waals surface area contributed by atoms with E-state index in [1.165, 1.54) is 6.42 Å². The van der Waals surface area contributed by atoms with Crippen molar-refractivity contribution < 1.29 is 9.90 Å². The summed E-state index contributed by atoms with van der Waals surface area (Å²) < 4.78 is 0.670. The molecule has 1 aliphatic carbocycles. The van der Waals surface area contributed by atoms with E-state index in [0.29, 0.717) is 29.2 Å². The zero-order valence-corrected chi connectivity index (χ0v) is 11.8. The predicted molar refractivity (Wildman–Crippen MR) is 72.3 cm³/mol. The van der Waals surface area contributed by atoms with Gasteiger partial charge in [-0.15, -0.1) is 0 Å². The zero-order valence-electron chi connectivity index (χ0n) is 10.2. The molecule has 1 aromatic heterocycles. The SMILES string of the molecule is O=C(c1ccnc(Br)c1)N(CCCO)C1CCC1. The highest BCUT2D eigenvalue weighted by molar-refractivity contribution is 9.10. The molecule has 0 spiro atoms. The summed E-state index contributed by atoms with van der Waals surface area (Å²) in [5.74, 6) is 0.0382. The number of hydrogen-bond acceptors (Lipinski definition) is 3. The van der Waals surface area contributed by atoms with Crippen LogP contribution in [0.15, 0.2) is 22.9 Å². The van der Waals surface area contributed by atoms with Crippen molar-refractivity contribution in [3.63, 3.8) is 0 Å². The number of carbonyl (C=O) groups is 1.